The van der Waals surface area contributed by atoms with Crippen LogP contribution >= 0.6 is 31.9 Å². The van der Waals surface area contributed by atoms with Crippen molar-refractivity contribution in [2.75, 3.05) is 0 Å². The first-order valence-corrected chi connectivity index (χ1v) is 6.44. The molecule has 17 heavy (non-hydrogen) atoms. The third-order valence-electron chi connectivity index (χ3n) is 2.74. The Morgan fingerprint density at radius 2 is 1.65 bits per heavy atom. The molecule has 1 aliphatic heterocycles. The lowest BCUT2D eigenvalue weighted by Crippen LogP contribution is -2.34. The molecule has 0 aromatic heterocycles. The first-order valence-electron chi connectivity index (χ1n) is 4.85. The quantitative estimate of drug-likeness (QED) is 0.738. The molecular formula is C12H5Br2NO2. The molecule has 0 saturated heterocycles. The van der Waals surface area contributed by atoms with Gasteiger partial charge in [0, 0.05) is 25.5 Å². The van der Waals surface area contributed by atoms with Crippen molar-refractivity contribution in [1.82, 2.24) is 5.32 Å². The second-order valence-electron chi connectivity index (χ2n) is 3.75. The molecule has 3 nitrogen and oxygen atoms in total. The van der Waals surface area contributed by atoms with Crippen molar-refractivity contribution in [3.63, 3.8) is 0 Å². The van der Waals surface area contributed by atoms with Crippen LogP contribution in [0.25, 0.3) is 10.8 Å². The van der Waals surface area contributed by atoms with E-state index in [4.69, 9.17) is 0 Å². The minimum Gasteiger partial charge on any atom is -0.288 e. The molecule has 5 heteroatoms. The van der Waals surface area contributed by atoms with Gasteiger partial charge in [-0.25, -0.2) is 0 Å². The zero-order valence-corrected chi connectivity index (χ0v) is 11.6. The molecule has 84 valence electrons. The maximum absolute atomic E-state index is 11.8. The Balaban J connectivity index is 2.58. The van der Waals surface area contributed by atoms with Crippen LogP contribution in [0.1, 0.15) is 20.7 Å². The van der Waals surface area contributed by atoms with Crippen LogP contribution in [0.5, 0.6) is 0 Å². The fourth-order valence-electron chi connectivity index (χ4n) is 2.02. The number of carbonyl (C=O) groups is 2. The number of benzene rings is 2. The maximum Gasteiger partial charge on any atom is 0.258 e. The number of imide groups is 1. The van der Waals surface area contributed by atoms with Gasteiger partial charge < -0.3 is 0 Å². The van der Waals surface area contributed by atoms with Crippen molar-refractivity contribution in [2.24, 2.45) is 0 Å². The minimum atomic E-state index is -0.355. The first kappa shape index (κ1) is 10.9. The van der Waals surface area contributed by atoms with E-state index in [0.717, 1.165) is 14.3 Å². The first-order chi connectivity index (χ1) is 8.08. The fourth-order valence-corrected chi connectivity index (χ4v) is 2.92. The standard InChI is InChI=1S/C12H5Br2NO2/c13-5-3-7-9(14)2-1-6-10(7)8(4-5)12(17)15-11(6)16/h1-4H,(H,15,16,17). The number of hydrogen-bond acceptors (Lipinski definition) is 2. The minimum absolute atomic E-state index is 0.345. The predicted molar refractivity (Wildman–Crippen MR) is 71.1 cm³/mol. The molecule has 1 aliphatic rings. The summed E-state index contributed by atoms with van der Waals surface area (Å²) in [5, 5.41) is 3.89. The van der Waals surface area contributed by atoms with Gasteiger partial charge in [0.2, 0.25) is 0 Å². The van der Waals surface area contributed by atoms with Gasteiger partial charge in [0.15, 0.2) is 0 Å². The Morgan fingerprint density at radius 3 is 2.41 bits per heavy atom. The molecule has 0 radical (unpaired) electrons. The van der Waals surface area contributed by atoms with E-state index in [9.17, 15) is 9.59 Å². The number of carbonyl (C=O) groups excluding carboxylic acids is 2. The van der Waals surface area contributed by atoms with Crippen LogP contribution in [0.3, 0.4) is 0 Å². The van der Waals surface area contributed by atoms with Gasteiger partial charge in [-0.15, -0.1) is 0 Å². The second-order valence-corrected chi connectivity index (χ2v) is 5.52. The normalized spacial score (nSPS) is 14.0. The van der Waals surface area contributed by atoms with E-state index in [1.165, 1.54) is 0 Å². The highest BCUT2D eigenvalue weighted by Crippen LogP contribution is 2.34. The third-order valence-corrected chi connectivity index (χ3v) is 3.89. The Morgan fingerprint density at radius 1 is 0.941 bits per heavy atom. The van der Waals surface area contributed by atoms with Gasteiger partial charge in [-0.1, -0.05) is 31.9 Å². The van der Waals surface area contributed by atoms with Gasteiger partial charge in [-0.3, -0.25) is 14.9 Å². The lowest BCUT2D eigenvalue weighted by atomic mass is 9.95. The highest BCUT2D eigenvalue weighted by Gasteiger charge is 2.25. The van der Waals surface area contributed by atoms with Crippen molar-refractivity contribution < 1.29 is 9.59 Å². The van der Waals surface area contributed by atoms with Gasteiger partial charge >= 0.3 is 0 Å². The molecule has 1 heterocycles. The van der Waals surface area contributed by atoms with Crippen molar-refractivity contribution in [3.8, 4) is 0 Å². The molecule has 0 unspecified atom stereocenters. The molecule has 0 saturated carbocycles. The van der Waals surface area contributed by atoms with E-state index >= 15 is 0 Å². The second kappa shape index (κ2) is 3.65. The molecule has 0 atom stereocenters. The molecule has 3 rings (SSSR count). The largest absolute Gasteiger partial charge is 0.288 e. The summed E-state index contributed by atoms with van der Waals surface area (Å²) < 4.78 is 1.67. The molecule has 1 N–H and O–H groups in total. The van der Waals surface area contributed by atoms with Crippen LogP contribution in [0.2, 0.25) is 0 Å². The molecule has 0 spiro atoms. The van der Waals surface area contributed by atoms with Crippen molar-refractivity contribution >= 4 is 54.4 Å². The summed E-state index contributed by atoms with van der Waals surface area (Å²) in [6.45, 7) is 0. The van der Waals surface area contributed by atoms with Crippen molar-refractivity contribution in [1.29, 1.82) is 0 Å². The summed E-state index contributed by atoms with van der Waals surface area (Å²) in [7, 11) is 0. The highest BCUT2D eigenvalue weighted by atomic mass is 79.9. The Hall–Kier alpha value is -1.20. The summed E-state index contributed by atoms with van der Waals surface area (Å²) in [6, 6.07) is 7.13. The monoisotopic (exact) mass is 353 g/mol. The molecule has 2 aromatic carbocycles. The van der Waals surface area contributed by atoms with Gasteiger partial charge in [-0.05, 0) is 29.7 Å². The smallest absolute Gasteiger partial charge is 0.258 e. The number of halogens is 2. The van der Waals surface area contributed by atoms with Gasteiger partial charge in [0.05, 0.1) is 0 Å². The van der Waals surface area contributed by atoms with Crippen molar-refractivity contribution in [3.05, 3.63) is 44.3 Å². The summed E-state index contributed by atoms with van der Waals surface area (Å²) in [5.41, 5.74) is 1.05. The van der Waals surface area contributed by atoms with Gasteiger partial charge in [0.1, 0.15) is 0 Å². The van der Waals surface area contributed by atoms with Crippen molar-refractivity contribution in [2.45, 2.75) is 0 Å². The molecular weight excluding hydrogens is 350 g/mol. The maximum atomic E-state index is 11.8. The SMILES string of the molecule is O=C1NC(=O)c2cc(Br)cc3c(Br)ccc1c23. The molecule has 0 fully saturated rings. The van der Waals surface area contributed by atoms with E-state index < -0.39 is 0 Å². The number of hydrogen-bond donors (Lipinski definition) is 1. The number of amides is 2. The van der Waals surface area contributed by atoms with Gasteiger partial charge in [-0.2, -0.15) is 0 Å². The Kier molecular flexibility index (Phi) is 2.34. The lowest BCUT2D eigenvalue weighted by molar-refractivity contribution is 0.0845. The average Bonchev–Trinajstić information content (AvgIpc) is 2.27. The van der Waals surface area contributed by atoms with Crippen LogP contribution in [-0.4, -0.2) is 11.8 Å². The van der Waals surface area contributed by atoms with Crippen LogP contribution < -0.4 is 5.32 Å². The zero-order valence-electron chi connectivity index (χ0n) is 8.38. The Bertz CT molecular complexity index is 694. The summed E-state index contributed by atoms with van der Waals surface area (Å²) in [5.74, 6) is -0.700. The summed E-state index contributed by atoms with van der Waals surface area (Å²) >= 11 is 6.79. The molecule has 0 aliphatic carbocycles. The van der Waals surface area contributed by atoms with Crippen LogP contribution in [0, 0.1) is 0 Å². The van der Waals surface area contributed by atoms with E-state index in [0.29, 0.717) is 16.5 Å². The average molecular weight is 355 g/mol. The van der Waals surface area contributed by atoms with Gasteiger partial charge in [0.25, 0.3) is 11.8 Å². The van der Waals surface area contributed by atoms with E-state index in [-0.39, 0.29) is 11.8 Å². The topological polar surface area (TPSA) is 46.2 Å². The van der Waals surface area contributed by atoms with E-state index in [2.05, 4.69) is 37.2 Å². The van der Waals surface area contributed by atoms with Crippen LogP contribution in [0.15, 0.2) is 33.2 Å². The molecule has 2 amide bonds. The number of nitrogens with one attached hydrogen (secondary N) is 1. The van der Waals surface area contributed by atoms with E-state index in [1.807, 2.05) is 12.1 Å². The fraction of sp³-hybridized carbons (Fsp3) is 0. The summed E-state index contributed by atoms with van der Waals surface area (Å²) in [6.07, 6.45) is 0. The van der Waals surface area contributed by atoms with Crippen LogP contribution in [0.4, 0.5) is 0 Å². The predicted octanol–water partition coefficient (Wildman–Crippen LogP) is 3.25. The highest BCUT2D eigenvalue weighted by molar-refractivity contribution is 9.11. The number of rotatable bonds is 0. The lowest BCUT2D eigenvalue weighted by Gasteiger charge is -2.17. The summed E-state index contributed by atoms with van der Waals surface area (Å²) in [4.78, 5) is 23.5. The van der Waals surface area contributed by atoms with Crippen LogP contribution in [-0.2, 0) is 0 Å². The van der Waals surface area contributed by atoms with E-state index in [1.54, 1.807) is 12.1 Å². The molecule has 2 aromatic rings. The Labute approximate surface area is 113 Å². The molecule has 0 bridgehead atoms. The third kappa shape index (κ3) is 1.53. The zero-order chi connectivity index (χ0) is 12.2.